The van der Waals surface area contributed by atoms with Crippen LogP contribution in [-0.4, -0.2) is 30.0 Å². The molecule has 30 heavy (non-hydrogen) atoms. The van der Waals surface area contributed by atoms with Crippen molar-refractivity contribution in [1.29, 1.82) is 0 Å². The summed E-state index contributed by atoms with van der Waals surface area (Å²) in [6.07, 6.45) is 4.05. The van der Waals surface area contributed by atoms with Gasteiger partial charge < -0.3 is 10.1 Å². The first-order chi connectivity index (χ1) is 14.6. The molecular weight excluding hydrogens is 383 g/mol. The number of carbonyl (C=O) groups is 2. The standard InChI is InChI=1S/C24H23FN2O3/c25-19-10-4-1-7-16(19)13-14-26-22(28)15-30-24(29)23-17-8-2-5-11-20(17)27-21-12-6-3-9-18(21)23/h1-2,4-5,7-8,10-11H,3,6,9,12-15H2,(H,26,28). The number of amides is 1. The molecule has 1 aliphatic carbocycles. The highest BCUT2D eigenvalue weighted by atomic mass is 19.1. The Morgan fingerprint density at radius 2 is 1.80 bits per heavy atom. The van der Waals surface area contributed by atoms with Crippen molar-refractivity contribution in [2.24, 2.45) is 0 Å². The smallest absolute Gasteiger partial charge is 0.339 e. The van der Waals surface area contributed by atoms with Gasteiger partial charge in [0.25, 0.3) is 5.91 Å². The number of benzene rings is 2. The minimum atomic E-state index is -0.504. The van der Waals surface area contributed by atoms with Crippen LogP contribution in [-0.2, 0) is 28.8 Å². The third-order valence-electron chi connectivity index (χ3n) is 5.38. The van der Waals surface area contributed by atoms with Gasteiger partial charge in [-0.15, -0.1) is 0 Å². The van der Waals surface area contributed by atoms with Crippen LogP contribution in [0, 0.1) is 5.82 Å². The maximum atomic E-state index is 13.6. The lowest BCUT2D eigenvalue weighted by Gasteiger charge is -2.19. The molecule has 0 bridgehead atoms. The lowest BCUT2D eigenvalue weighted by Crippen LogP contribution is -2.31. The monoisotopic (exact) mass is 406 g/mol. The molecule has 0 radical (unpaired) electrons. The Kier molecular flexibility index (Phi) is 6.02. The van der Waals surface area contributed by atoms with Crippen LogP contribution >= 0.6 is 0 Å². The second-order valence-corrected chi connectivity index (χ2v) is 7.40. The Morgan fingerprint density at radius 1 is 1.03 bits per heavy atom. The molecule has 3 aromatic rings. The average molecular weight is 406 g/mol. The lowest BCUT2D eigenvalue weighted by atomic mass is 9.90. The van der Waals surface area contributed by atoms with Gasteiger partial charge in [-0.2, -0.15) is 0 Å². The molecule has 2 aromatic carbocycles. The second kappa shape index (κ2) is 9.03. The zero-order valence-corrected chi connectivity index (χ0v) is 16.6. The normalized spacial score (nSPS) is 13.0. The first-order valence-corrected chi connectivity index (χ1v) is 10.2. The summed E-state index contributed by atoms with van der Waals surface area (Å²) in [5, 5.41) is 3.42. The molecule has 0 fully saturated rings. The summed E-state index contributed by atoms with van der Waals surface area (Å²) in [7, 11) is 0. The molecule has 0 saturated carbocycles. The fourth-order valence-corrected chi connectivity index (χ4v) is 3.90. The summed E-state index contributed by atoms with van der Waals surface area (Å²) in [5.41, 5.74) is 3.70. The zero-order chi connectivity index (χ0) is 20.9. The van der Waals surface area contributed by atoms with Crippen LogP contribution in [0.2, 0.25) is 0 Å². The van der Waals surface area contributed by atoms with Crippen molar-refractivity contribution >= 4 is 22.8 Å². The second-order valence-electron chi connectivity index (χ2n) is 7.40. The lowest BCUT2D eigenvalue weighted by molar-refractivity contribution is -0.124. The topological polar surface area (TPSA) is 68.3 Å². The minimum absolute atomic E-state index is 0.269. The molecule has 1 aromatic heterocycles. The molecule has 1 amide bonds. The molecule has 0 aliphatic heterocycles. The summed E-state index contributed by atoms with van der Waals surface area (Å²) in [5.74, 6) is -1.21. The molecule has 0 spiro atoms. The van der Waals surface area contributed by atoms with Crippen LogP contribution in [0.4, 0.5) is 4.39 Å². The summed E-state index contributed by atoms with van der Waals surface area (Å²) in [6, 6.07) is 13.9. The number of ether oxygens (including phenoxy) is 1. The molecule has 6 heteroatoms. The van der Waals surface area contributed by atoms with E-state index in [1.807, 2.05) is 24.3 Å². The number of esters is 1. The van der Waals surface area contributed by atoms with Gasteiger partial charge in [-0.25, -0.2) is 9.18 Å². The number of para-hydroxylation sites is 1. The summed E-state index contributed by atoms with van der Waals surface area (Å²) < 4.78 is 19.0. The number of nitrogens with zero attached hydrogens (tertiary/aromatic N) is 1. The van der Waals surface area contributed by atoms with Crippen LogP contribution < -0.4 is 5.32 Å². The van der Waals surface area contributed by atoms with E-state index < -0.39 is 11.9 Å². The Labute approximate surface area is 174 Å². The van der Waals surface area contributed by atoms with Gasteiger partial charge in [0, 0.05) is 17.6 Å². The van der Waals surface area contributed by atoms with Crippen molar-refractivity contribution in [3.63, 3.8) is 0 Å². The number of rotatable bonds is 6. The summed E-state index contributed by atoms with van der Waals surface area (Å²) >= 11 is 0. The summed E-state index contributed by atoms with van der Waals surface area (Å²) in [4.78, 5) is 29.7. The van der Waals surface area contributed by atoms with Gasteiger partial charge in [-0.3, -0.25) is 9.78 Å². The molecule has 4 rings (SSSR count). The van der Waals surface area contributed by atoms with Crippen LogP contribution in [0.5, 0.6) is 0 Å². The largest absolute Gasteiger partial charge is 0.452 e. The predicted molar refractivity (Wildman–Crippen MR) is 112 cm³/mol. The van der Waals surface area contributed by atoms with Crippen molar-refractivity contribution in [2.75, 3.05) is 13.2 Å². The Hall–Kier alpha value is -3.28. The van der Waals surface area contributed by atoms with Crippen molar-refractivity contribution < 1.29 is 18.7 Å². The van der Waals surface area contributed by atoms with E-state index in [1.165, 1.54) is 6.07 Å². The number of hydrogen-bond donors (Lipinski definition) is 1. The predicted octanol–water partition coefficient (Wildman–Crippen LogP) is 3.77. The van der Waals surface area contributed by atoms with E-state index in [0.29, 0.717) is 17.5 Å². The summed E-state index contributed by atoms with van der Waals surface area (Å²) in [6.45, 7) is -0.105. The van der Waals surface area contributed by atoms with Crippen molar-refractivity contribution in [3.8, 4) is 0 Å². The SMILES string of the molecule is O=C(COC(=O)c1c2c(nc3ccccc13)CCCC2)NCCc1ccccc1F. The van der Waals surface area contributed by atoms with E-state index in [2.05, 4.69) is 5.32 Å². The van der Waals surface area contributed by atoms with Gasteiger partial charge in [0.15, 0.2) is 6.61 Å². The molecule has 1 aliphatic rings. The number of fused-ring (bicyclic) bond motifs is 2. The van der Waals surface area contributed by atoms with E-state index in [0.717, 1.165) is 47.8 Å². The fraction of sp³-hybridized carbons (Fsp3) is 0.292. The van der Waals surface area contributed by atoms with Gasteiger partial charge in [0.1, 0.15) is 5.82 Å². The maximum absolute atomic E-state index is 13.6. The van der Waals surface area contributed by atoms with Crippen LogP contribution in [0.3, 0.4) is 0 Å². The van der Waals surface area contributed by atoms with Crippen molar-refractivity contribution in [3.05, 3.63) is 76.7 Å². The fourth-order valence-electron chi connectivity index (χ4n) is 3.90. The van der Waals surface area contributed by atoms with Crippen LogP contribution in [0.15, 0.2) is 48.5 Å². The van der Waals surface area contributed by atoms with Gasteiger partial charge >= 0.3 is 5.97 Å². The van der Waals surface area contributed by atoms with Gasteiger partial charge in [-0.05, 0) is 55.4 Å². The van der Waals surface area contributed by atoms with Crippen molar-refractivity contribution in [2.45, 2.75) is 32.1 Å². The average Bonchev–Trinajstić information content (AvgIpc) is 2.77. The molecule has 5 nitrogen and oxygen atoms in total. The highest BCUT2D eigenvalue weighted by Gasteiger charge is 2.24. The van der Waals surface area contributed by atoms with Gasteiger partial charge in [0.2, 0.25) is 0 Å². The van der Waals surface area contributed by atoms with Gasteiger partial charge in [-0.1, -0.05) is 36.4 Å². The van der Waals surface area contributed by atoms with Gasteiger partial charge in [0.05, 0.1) is 11.1 Å². The maximum Gasteiger partial charge on any atom is 0.339 e. The van der Waals surface area contributed by atoms with Crippen molar-refractivity contribution in [1.82, 2.24) is 10.3 Å². The Bertz CT molecular complexity index is 1100. The van der Waals surface area contributed by atoms with E-state index in [1.54, 1.807) is 18.2 Å². The number of pyridine rings is 1. The third kappa shape index (κ3) is 4.32. The molecule has 0 saturated heterocycles. The Balaban J connectivity index is 1.41. The highest BCUT2D eigenvalue weighted by molar-refractivity contribution is 6.05. The third-order valence-corrected chi connectivity index (χ3v) is 5.38. The first-order valence-electron chi connectivity index (χ1n) is 10.2. The number of halogens is 1. The molecular formula is C24H23FN2O3. The quantitative estimate of drug-likeness (QED) is 0.633. The molecule has 1 heterocycles. The molecule has 1 N–H and O–H groups in total. The first kappa shape index (κ1) is 20.0. The van der Waals surface area contributed by atoms with Crippen LogP contribution in [0.25, 0.3) is 10.9 Å². The number of aryl methyl sites for hydroxylation is 1. The molecule has 0 atom stereocenters. The van der Waals surface area contributed by atoms with E-state index in [9.17, 15) is 14.0 Å². The Morgan fingerprint density at radius 3 is 2.67 bits per heavy atom. The minimum Gasteiger partial charge on any atom is -0.452 e. The molecule has 154 valence electrons. The number of aromatic nitrogens is 1. The number of nitrogens with one attached hydrogen (secondary N) is 1. The highest BCUT2D eigenvalue weighted by Crippen LogP contribution is 2.29. The number of carbonyl (C=O) groups excluding carboxylic acids is 2. The van der Waals surface area contributed by atoms with E-state index in [4.69, 9.17) is 9.72 Å². The zero-order valence-electron chi connectivity index (χ0n) is 16.6. The molecule has 0 unspecified atom stereocenters. The van der Waals surface area contributed by atoms with E-state index >= 15 is 0 Å². The number of hydrogen-bond acceptors (Lipinski definition) is 4. The van der Waals surface area contributed by atoms with Crippen LogP contribution in [0.1, 0.15) is 40.0 Å². The van der Waals surface area contributed by atoms with E-state index in [-0.39, 0.29) is 19.0 Å².